The fourth-order valence-corrected chi connectivity index (χ4v) is 2.22. The van der Waals surface area contributed by atoms with E-state index in [2.05, 4.69) is 31.4 Å². The highest BCUT2D eigenvalue weighted by molar-refractivity contribution is 5.96. The number of hydrogen-bond acceptors (Lipinski definition) is 5. The third kappa shape index (κ3) is 6.62. The zero-order valence-corrected chi connectivity index (χ0v) is 15.7. The normalized spacial score (nSPS) is 10.9. The van der Waals surface area contributed by atoms with Crippen molar-refractivity contribution in [1.82, 2.24) is 10.6 Å². The molecule has 7 heteroatoms. The van der Waals surface area contributed by atoms with Gasteiger partial charge in [0.2, 0.25) is 0 Å². The van der Waals surface area contributed by atoms with Crippen molar-refractivity contribution in [2.75, 3.05) is 13.2 Å². The van der Waals surface area contributed by atoms with Gasteiger partial charge in [0, 0.05) is 5.56 Å². The fourth-order valence-electron chi connectivity index (χ4n) is 2.22. The molecule has 0 spiro atoms. The first-order valence-corrected chi connectivity index (χ1v) is 8.59. The second-order valence-electron chi connectivity index (χ2n) is 7.03. The number of amides is 2. The molecule has 1 aromatic heterocycles. The van der Waals surface area contributed by atoms with Crippen LogP contribution in [-0.4, -0.2) is 30.9 Å². The van der Waals surface area contributed by atoms with E-state index in [1.165, 1.54) is 6.26 Å². The third-order valence-corrected chi connectivity index (χ3v) is 3.81. The molecule has 0 radical (unpaired) electrons. The summed E-state index contributed by atoms with van der Waals surface area (Å²) in [4.78, 5) is 35.3. The monoisotopic (exact) mass is 372 g/mol. The Morgan fingerprint density at radius 1 is 1.04 bits per heavy atom. The lowest BCUT2D eigenvalue weighted by atomic mass is 9.87. The zero-order chi connectivity index (χ0) is 19.9. The summed E-state index contributed by atoms with van der Waals surface area (Å²) < 4.78 is 9.90. The summed E-state index contributed by atoms with van der Waals surface area (Å²) >= 11 is 0. The van der Waals surface area contributed by atoms with E-state index in [1.54, 1.807) is 24.3 Å². The van der Waals surface area contributed by atoms with Crippen molar-refractivity contribution in [2.24, 2.45) is 0 Å². The molecule has 1 aromatic carbocycles. The number of rotatable bonds is 7. The summed E-state index contributed by atoms with van der Waals surface area (Å²) in [6.07, 6.45) is 1.50. The maximum absolute atomic E-state index is 12.1. The summed E-state index contributed by atoms with van der Waals surface area (Å²) in [5, 5.41) is 5.03. The predicted octanol–water partition coefficient (Wildman–Crippen LogP) is 2.17. The number of furan rings is 1. The number of ether oxygens (including phenoxy) is 1. The smallest absolute Gasteiger partial charge is 0.325 e. The SMILES string of the molecule is CC(C)(C)c1ccc(C(=O)NCC(=O)OCC(=O)NCc2ccco2)cc1. The van der Waals surface area contributed by atoms with Crippen molar-refractivity contribution < 1.29 is 23.5 Å². The fraction of sp³-hybridized carbons (Fsp3) is 0.350. The first kappa shape index (κ1) is 20.2. The molecule has 0 fully saturated rings. The van der Waals surface area contributed by atoms with Crippen LogP contribution in [-0.2, 0) is 26.3 Å². The maximum Gasteiger partial charge on any atom is 0.325 e. The molecule has 7 nitrogen and oxygen atoms in total. The molecular formula is C20H24N2O5. The average Bonchev–Trinajstić information content (AvgIpc) is 3.15. The first-order valence-electron chi connectivity index (χ1n) is 8.59. The number of esters is 1. The van der Waals surface area contributed by atoms with Crippen LogP contribution in [0.15, 0.2) is 47.1 Å². The zero-order valence-electron chi connectivity index (χ0n) is 15.7. The second-order valence-corrected chi connectivity index (χ2v) is 7.03. The Morgan fingerprint density at radius 2 is 1.74 bits per heavy atom. The molecule has 0 saturated carbocycles. The number of carbonyl (C=O) groups is 3. The van der Waals surface area contributed by atoms with E-state index in [0.717, 1.165) is 5.56 Å². The minimum atomic E-state index is -0.692. The van der Waals surface area contributed by atoms with E-state index >= 15 is 0 Å². The number of hydrogen-bond donors (Lipinski definition) is 2. The van der Waals surface area contributed by atoms with Crippen LogP contribution in [0, 0.1) is 0 Å². The molecule has 1 heterocycles. The summed E-state index contributed by atoms with van der Waals surface area (Å²) in [5.74, 6) is -0.930. The molecule has 0 unspecified atom stereocenters. The van der Waals surface area contributed by atoms with Gasteiger partial charge in [-0.3, -0.25) is 14.4 Å². The molecule has 0 bridgehead atoms. The highest BCUT2D eigenvalue weighted by Gasteiger charge is 2.15. The maximum atomic E-state index is 12.1. The van der Waals surface area contributed by atoms with E-state index in [-0.39, 0.29) is 24.4 Å². The van der Waals surface area contributed by atoms with Gasteiger partial charge in [0.15, 0.2) is 6.61 Å². The Bertz CT molecular complexity index is 774. The Balaban J connectivity index is 1.70. The van der Waals surface area contributed by atoms with Gasteiger partial charge < -0.3 is 19.8 Å². The van der Waals surface area contributed by atoms with Crippen molar-refractivity contribution in [3.05, 3.63) is 59.5 Å². The van der Waals surface area contributed by atoms with Gasteiger partial charge in [0.25, 0.3) is 11.8 Å². The quantitative estimate of drug-likeness (QED) is 0.726. The molecule has 2 N–H and O–H groups in total. The lowest BCUT2D eigenvalue weighted by Crippen LogP contribution is -2.33. The Labute approximate surface area is 158 Å². The van der Waals surface area contributed by atoms with Gasteiger partial charge in [0.1, 0.15) is 12.3 Å². The lowest BCUT2D eigenvalue weighted by molar-refractivity contribution is -0.147. The van der Waals surface area contributed by atoms with E-state index in [1.807, 2.05) is 12.1 Å². The van der Waals surface area contributed by atoms with Gasteiger partial charge in [0.05, 0.1) is 12.8 Å². The molecule has 0 saturated heterocycles. The van der Waals surface area contributed by atoms with E-state index in [0.29, 0.717) is 11.3 Å². The molecule has 0 aliphatic heterocycles. The average molecular weight is 372 g/mol. The Morgan fingerprint density at radius 3 is 2.33 bits per heavy atom. The van der Waals surface area contributed by atoms with E-state index in [4.69, 9.17) is 9.15 Å². The summed E-state index contributed by atoms with van der Waals surface area (Å²) in [6.45, 7) is 5.74. The van der Waals surface area contributed by atoms with Crippen LogP contribution in [0.1, 0.15) is 42.5 Å². The molecule has 2 amide bonds. The highest BCUT2D eigenvalue weighted by atomic mass is 16.5. The summed E-state index contributed by atoms with van der Waals surface area (Å²) in [7, 11) is 0. The van der Waals surface area contributed by atoms with Gasteiger partial charge >= 0.3 is 5.97 Å². The van der Waals surface area contributed by atoms with Gasteiger partial charge in [-0.25, -0.2) is 0 Å². The lowest BCUT2D eigenvalue weighted by Gasteiger charge is -2.19. The molecular weight excluding hydrogens is 348 g/mol. The summed E-state index contributed by atoms with van der Waals surface area (Å²) in [5.41, 5.74) is 1.56. The van der Waals surface area contributed by atoms with E-state index < -0.39 is 18.5 Å². The minimum Gasteiger partial charge on any atom is -0.467 e. The molecule has 0 aliphatic rings. The topological polar surface area (TPSA) is 97.6 Å². The van der Waals surface area contributed by atoms with Crippen LogP contribution < -0.4 is 10.6 Å². The van der Waals surface area contributed by atoms with Gasteiger partial charge in [-0.05, 0) is 35.2 Å². The van der Waals surface area contributed by atoms with Crippen LogP contribution in [0.4, 0.5) is 0 Å². The van der Waals surface area contributed by atoms with Crippen molar-refractivity contribution in [3.8, 4) is 0 Å². The minimum absolute atomic E-state index is 0.00365. The van der Waals surface area contributed by atoms with E-state index in [9.17, 15) is 14.4 Å². The molecule has 144 valence electrons. The largest absolute Gasteiger partial charge is 0.467 e. The summed E-state index contributed by atoms with van der Waals surface area (Å²) in [6, 6.07) is 10.6. The third-order valence-electron chi connectivity index (χ3n) is 3.81. The first-order chi connectivity index (χ1) is 12.8. The Hall–Kier alpha value is -3.09. The van der Waals surface area contributed by atoms with Gasteiger partial charge in [-0.2, -0.15) is 0 Å². The van der Waals surface area contributed by atoms with Crippen molar-refractivity contribution >= 4 is 17.8 Å². The standard InChI is InChI=1S/C20H24N2O5/c1-20(2,3)15-8-6-14(7-9-15)19(25)22-12-18(24)27-13-17(23)21-11-16-5-4-10-26-16/h4-10H,11-13H2,1-3H3,(H,21,23)(H,22,25). The van der Waals surface area contributed by atoms with Crippen molar-refractivity contribution in [3.63, 3.8) is 0 Å². The molecule has 2 rings (SSSR count). The van der Waals surface area contributed by atoms with Crippen LogP contribution in [0.3, 0.4) is 0 Å². The molecule has 2 aromatic rings. The highest BCUT2D eigenvalue weighted by Crippen LogP contribution is 2.22. The van der Waals surface area contributed by atoms with Crippen LogP contribution in [0.5, 0.6) is 0 Å². The Kier molecular flexibility index (Phi) is 6.76. The second kappa shape index (κ2) is 9.02. The van der Waals surface area contributed by atoms with Gasteiger partial charge in [-0.1, -0.05) is 32.9 Å². The van der Waals surface area contributed by atoms with Crippen molar-refractivity contribution in [1.29, 1.82) is 0 Å². The number of carbonyl (C=O) groups excluding carboxylic acids is 3. The van der Waals surface area contributed by atoms with Gasteiger partial charge in [-0.15, -0.1) is 0 Å². The molecule has 0 atom stereocenters. The van der Waals surface area contributed by atoms with Crippen LogP contribution in [0.25, 0.3) is 0 Å². The molecule has 0 aliphatic carbocycles. The van der Waals surface area contributed by atoms with Crippen LogP contribution >= 0.6 is 0 Å². The number of benzene rings is 1. The molecule has 27 heavy (non-hydrogen) atoms. The van der Waals surface area contributed by atoms with Crippen molar-refractivity contribution in [2.45, 2.75) is 32.7 Å². The predicted molar refractivity (Wildman–Crippen MR) is 99.0 cm³/mol. The van der Waals surface area contributed by atoms with Crippen LogP contribution in [0.2, 0.25) is 0 Å². The number of nitrogens with one attached hydrogen (secondary N) is 2.